The Morgan fingerprint density at radius 2 is 1.56 bits per heavy atom. The van der Waals surface area contributed by atoms with Crippen LogP contribution in [0.3, 0.4) is 0 Å². The van der Waals surface area contributed by atoms with Crippen LogP contribution in [0.5, 0.6) is 0 Å². The average Bonchev–Trinajstić information content (AvgIpc) is 2.29. The number of hydrogen-bond acceptors (Lipinski definition) is 6. The molecule has 0 radical (unpaired) electrons. The zero-order valence-corrected chi connectivity index (χ0v) is 11.5. The molecule has 0 N–H and O–H groups in total. The molecule has 0 aromatic carbocycles. The van der Waals surface area contributed by atoms with Crippen molar-refractivity contribution in [1.29, 1.82) is 0 Å². The maximum absolute atomic E-state index is 12.0. The highest BCUT2D eigenvalue weighted by Crippen LogP contribution is 2.62. The molecule has 0 saturated heterocycles. The average molecular weight is 272 g/mol. The molecule has 0 aliphatic rings. The van der Waals surface area contributed by atoms with Crippen LogP contribution in [0.1, 0.15) is 6.42 Å². The number of rotatable bonds is 9. The Hall–Kier alpha value is 0.0400. The van der Waals surface area contributed by atoms with E-state index in [4.69, 9.17) is 9.05 Å². The van der Waals surface area contributed by atoms with E-state index >= 15 is 0 Å². The van der Waals surface area contributed by atoms with Crippen LogP contribution in [0, 0.1) is 0 Å². The predicted octanol–water partition coefficient (Wildman–Crippen LogP) is 2.86. The lowest BCUT2D eigenvalue weighted by Gasteiger charge is -2.20. The molecule has 8 heteroatoms. The molecule has 0 aromatic rings. The maximum atomic E-state index is 12.0. The molecule has 16 heavy (non-hydrogen) atoms. The van der Waals surface area contributed by atoms with Crippen LogP contribution in [0.15, 0.2) is 12.7 Å². The van der Waals surface area contributed by atoms with E-state index in [1.54, 1.807) is 6.08 Å². The summed E-state index contributed by atoms with van der Waals surface area (Å²) in [6, 6.07) is 0. The van der Waals surface area contributed by atoms with E-state index < -0.39 is 21.1 Å². The highest BCUT2D eigenvalue weighted by atomic mass is 31.2. The van der Waals surface area contributed by atoms with Gasteiger partial charge < -0.3 is 18.1 Å². The van der Waals surface area contributed by atoms with Gasteiger partial charge in [-0.2, -0.15) is 0 Å². The molecule has 96 valence electrons. The second-order valence-electron chi connectivity index (χ2n) is 2.82. The molecule has 0 fully saturated rings. The Balaban J connectivity index is 4.52. The van der Waals surface area contributed by atoms with Crippen LogP contribution in [-0.2, 0) is 27.2 Å². The smallest absolute Gasteiger partial charge is 0.311 e. The largest absolute Gasteiger partial charge is 0.342 e. The summed E-state index contributed by atoms with van der Waals surface area (Å²) < 4.78 is 42.9. The first-order chi connectivity index (χ1) is 7.45. The number of hydrogen-bond donors (Lipinski definition) is 0. The molecular weight excluding hydrogens is 254 g/mol. The van der Waals surface area contributed by atoms with Crippen LogP contribution in [0.4, 0.5) is 0 Å². The molecule has 0 aliphatic heterocycles. The van der Waals surface area contributed by atoms with Gasteiger partial charge in [-0.05, 0) is 6.42 Å². The summed E-state index contributed by atoms with van der Waals surface area (Å²) in [6.07, 6.45) is 2.14. The minimum absolute atomic E-state index is 0.183. The highest BCUT2D eigenvalue weighted by molar-refractivity contribution is 7.71. The normalized spacial score (nSPS) is 15.7. The van der Waals surface area contributed by atoms with Crippen LogP contribution < -0.4 is 0 Å². The summed E-state index contributed by atoms with van der Waals surface area (Å²) in [5.74, 6) is -0.402. The van der Waals surface area contributed by atoms with E-state index in [2.05, 4.69) is 15.6 Å². The van der Waals surface area contributed by atoms with E-state index in [9.17, 15) is 9.13 Å². The van der Waals surface area contributed by atoms with Crippen molar-refractivity contribution in [2.45, 2.75) is 6.42 Å². The molecule has 6 nitrogen and oxygen atoms in total. The van der Waals surface area contributed by atoms with Gasteiger partial charge in [0.05, 0.1) is 6.61 Å². The monoisotopic (exact) mass is 272 g/mol. The fraction of sp³-hybridized carbons (Fsp3) is 0.750. The van der Waals surface area contributed by atoms with Crippen molar-refractivity contribution in [3.05, 3.63) is 12.7 Å². The second kappa shape index (κ2) is 7.38. The fourth-order valence-corrected chi connectivity index (χ4v) is 4.88. The van der Waals surface area contributed by atoms with Crippen molar-refractivity contribution in [2.24, 2.45) is 0 Å². The van der Waals surface area contributed by atoms with Crippen molar-refractivity contribution in [3.63, 3.8) is 0 Å². The van der Waals surface area contributed by atoms with Crippen molar-refractivity contribution >= 4 is 15.2 Å². The molecule has 1 unspecified atom stereocenters. The third-order valence-corrected chi connectivity index (χ3v) is 6.81. The van der Waals surface area contributed by atoms with Crippen LogP contribution in [-0.4, -0.2) is 33.8 Å². The maximum Gasteiger partial charge on any atom is 0.342 e. The summed E-state index contributed by atoms with van der Waals surface area (Å²) >= 11 is 0. The summed E-state index contributed by atoms with van der Waals surface area (Å²) in [7, 11) is -3.19. The van der Waals surface area contributed by atoms with Crippen LogP contribution >= 0.6 is 15.2 Å². The quantitative estimate of drug-likeness (QED) is 0.365. The predicted molar refractivity (Wildman–Crippen MR) is 61.9 cm³/mol. The summed E-state index contributed by atoms with van der Waals surface area (Å²) in [6.45, 7) is 3.68. The van der Waals surface area contributed by atoms with E-state index in [0.29, 0.717) is 6.42 Å². The van der Waals surface area contributed by atoms with Gasteiger partial charge in [0, 0.05) is 21.3 Å². The highest BCUT2D eigenvalue weighted by Gasteiger charge is 2.36. The topological polar surface area (TPSA) is 71.1 Å². The third kappa shape index (κ3) is 5.39. The third-order valence-electron chi connectivity index (χ3n) is 1.79. The molecule has 0 bridgehead atoms. The fourth-order valence-electron chi connectivity index (χ4n) is 0.829. The van der Waals surface area contributed by atoms with E-state index in [1.807, 2.05) is 0 Å². The van der Waals surface area contributed by atoms with Gasteiger partial charge in [0.15, 0.2) is 5.90 Å². The van der Waals surface area contributed by atoms with Crippen LogP contribution in [0.2, 0.25) is 0 Å². The zero-order valence-electron chi connectivity index (χ0n) is 9.75. The Morgan fingerprint density at radius 1 is 1.06 bits per heavy atom. The molecule has 0 aliphatic carbocycles. The standard InChI is InChI=1S/C8H18O6P2/c1-5-6-7-14-16(10,13-4)8-15(9,11-2)12-3/h5H,1,6-8H2,2-4H3. The second-order valence-corrected chi connectivity index (χ2v) is 7.75. The van der Waals surface area contributed by atoms with E-state index in [-0.39, 0.29) is 6.61 Å². The van der Waals surface area contributed by atoms with Gasteiger partial charge in [-0.1, -0.05) is 6.08 Å². The Morgan fingerprint density at radius 3 is 1.94 bits per heavy atom. The first kappa shape index (κ1) is 16.0. The van der Waals surface area contributed by atoms with Gasteiger partial charge in [-0.3, -0.25) is 9.13 Å². The lowest BCUT2D eigenvalue weighted by molar-refractivity contribution is 0.234. The van der Waals surface area contributed by atoms with Crippen molar-refractivity contribution < 1.29 is 27.2 Å². The Kier molecular flexibility index (Phi) is 7.40. The lowest BCUT2D eigenvalue weighted by atomic mass is 10.5. The Bertz CT molecular complexity index is 295. The van der Waals surface area contributed by atoms with Gasteiger partial charge in [0.25, 0.3) is 0 Å². The molecule has 0 aromatic heterocycles. The van der Waals surface area contributed by atoms with Crippen molar-refractivity contribution in [3.8, 4) is 0 Å². The lowest BCUT2D eigenvalue weighted by Crippen LogP contribution is -2.02. The first-order valence-electron chi connectivity index (χ1n) is 4.56. The van der Waals surface area contributed by atoms with E-state index in [0.717, 1.165) is 0 Å². The van der Waals surface area contributed by atoms with Gasteiger partial charge in [0.1, 0.15) is 0 Å². The molecule has 0 heterocycles. The first-order valence-corrected chi connectivity index (χ1v) is 8.01. The van der Waals surface area contributed by atoms with Crippen molar-refractivity contribution in [1.82, 2.24) is 0 Å². The van der Waals surface area contributed by atoms with Gasteiger partial charge in [0.2, 0.25) is 0 Å². The van der Waals surface area contributed by atoms with E-state index in [1.165, 1.54) is 21.3 Å². The molecule has 0 spiro atoms. The molecule has 0 amide bonds. The Labute approximate surface area is 96.0 Å². The van der Waals surface area contributed by atoms with Gasteiger partial charge >= 0.3 is 15.2 Å². The summed E-state index contributed by atoms with van der Waals surface area (Å²) in [4.78, 5) is 0. The minimum atomic E-state index is -3.45. The summed E-state index contributed by atoms with van der Waals surface area (Å²) in [5, 5.41) is 0. The molecule has 1 atom stereocenters. The van der Waals surface area contributed by atoms with Crippen LogP contribution in [0.25, 0.3) is 0 Å². The summed E-state index contributed by atoms with van der Waals surface area (Å²) in [5.41, 5.74) is 0. The molecule has 0 rings (SSSR count). The zero-order chi connectivity index (χ0) is 12.7. The van der Waals surface area contributed by atoms with Gasteiger partial charge in [-0.15, -0.1) is 6.58 Å². The molecular formula is C8H18O6P2. The molecule has 0 saturated carbocycles. The SMILES string of the molecule is C=CCCOP(=O)(CP(=O)(OC)OC)OC. The van der Waals surface area contributed by atoms with Crippen molar-refractivity contribution in [2.75, 3.05) is 33.8 Å². The minimum Gasteiger partial charge on any atom is -0.311 e. The van der Waals surface area contributed by atoms with Gasteiger partial charge in [-0.25, -0.2) is 0 Å².